The van der Waals surface area contributed by atoms with Crippen LogP contribution in [0.15, 0.2) is 18.2 Å². The predicted octanol–water partition coefficient (Wildman–Crippen LogP) is 4.97. The summed E-state index contributed by atoms with van der Waals surface area (Å²) in [5.41, 5.74) is 4.64. The number of nitrogens with one attached hydrogen (secondary N) is 2. The van der Waals surface area contributed by atoms with E-state index < -0.39 is 0 Å². The van der Waals surface area contributed by atoms with Crippen LogP contribution in [0.25, 0.3) is 0 Å². The highest BCUT2D eigenvalue weighted by Crippen LogP contribution is 2.47. The van der Waals surface area contributed by atoms with E-state index in [-0.39, 0.29) is 18.3 Å². The number of ether oxygens (including phenoxy) is 1. The van der Waals surface area contributed by atoms with E-state index >= 15 is 0 Å². The molecule has 1 aromatic heterocycles. The first kappa shape index (κ1) is 17.4. The summed E-state index contributed by atoms with van der Waals surface area (Å²) in [6.07, 6.45) is 2.99. The summed E-state index contributed by atoms with van der Waals surface area (Å²) in [4.78, 5) is 2.89. The van der Waals surface area contributed by atoms with Gasteiger partial charge in [0.15, 0.2) is 0 Å². The Hall–Kier alpha value is -2.05. The zero-order valence-corrected chi connectivity index (χ0v) is 15.8. The largest absolute Gasteiger partial charge is 0.369 e. The van der Waals surface area contributed by atoms with Gasteiger partial charge in [-0.3, -0.25) is 15.7 Å². The van der Waals surface area contributed by atoms with Gasteiger partial charge in [-0.05, 0) is 61.9 Å². The Morgan fingerprint density at radius 1 is 1.35 bits per heavy atom. The van der Waals surface area contributed by atoms with Gasteiger partial charge in [0.05, 0.1) is 6.61 Å². The smallest absolute Gasteiger partial charge is 0.133 e. The Balaban J connectivity index is 1.87. The Morgan fingerprint density at radius 2 is 2.15 bits per heavy atom. The van der Waals surface area contributed by atoms with Crippen LogP contribution in [0.2, 0.25) is 0 Å². The lowest BCUT2D eigenvalue weighted by Gasteiger charge is -2.27. The highest BCUT2D eigenvalue weighted by Gasteiger charge is 2.32. The van der Waals surface area contributed by atoms with Crippen molar-refractivity contribution in [2.75, 3.05) is 11.5 Å². The Labute approximate surface area is 156 Å². The van der Waals surface area contributed by atoms with Gasteiger partial charge in [-0.25, -0.2) is 4.39 Å². The number of amidine groups is 2. The molecular formula is C20H22FN3OS. The molecule has 6 heteroatoms. The van der Waals surface area contributed by atoms with Crippen molar-refractivity contribution in [3.8, 4) is 0 Å². The van der Waals surface area contributed by atoms with Crippen molar-refractivity contribution in [1.82, 2.24) is 0 Å². The molecule has 0 spiro atoms. The first-order chi connectivity index (χ1) is 12.5. The van der Waals surface area contributed by atoms with Crippen molar-refractivity contribution in [3.63, 3.8) is 0 Å². The number of aryl methyl sites for hydroxylation is 2. The predicted molar refractivity (Wildman–Crippen MR) is 103 cm³/mol. The van der Waals surface area contributed by atoms with Crippen molar-refractivity contribution >= 4 is 28.0 Å². The van der Waals surface area contributed by atoms with Crippen LogP contribution in [0.3, 0.4) is 0 Å². The third kappa shape index (κ3) is 2.77. The fraction of sp³-hybridized carbons (Fsp3) is 0.400. The van der Waals surface area contributed by atoms with E-state index in [4.69, 9.17) is 15.6 Å². The highest BCUT2D eigenvalue weighted by atomic mass is 32.1. The second-order valence-corrected chi connectivity index (χ2v) is 8.21. The van der Waals surface area contributed by atoms with E-state index in [0.717, 1.165) is 35.4 Å². The van der Waals surface area contributed by atoms with Crippen LogP contribution in [0.4, 0.5) is 9.39 Å². The van der Waals surface area contributed by atoms with Gasteiger partial charge in [0.2, 0.25) is 0 Å². The Bertz CT molecular complexity index is 905. The van der Waals surface area contributed by atoms with E-state index in [1.807, 2.05) is 6.07 Å². The van der Waals surface area contributed by atoms with Crippen molar-refractivity contribution in [3.05, 3.63) is 51.1 Å². The van der Waals surface area contributed by atoms with Crippen molar-refractivity contribution in [2.45, 2.75) is 45.6 Å². The lowest BCUT2D eigenvalue weighted by molar-refractivity contribution is 0.159. The van der Waals surface area contributed by atoms with Crippen LogP contribution in [-0.2, 0) is 17.8 Å². The first-order valence-corrected chi connectivity index (χ1v) is 9.70. The van der Waals surface area contributed by atoms with Gasteiger partial charge >= 0.3 is 0 Å². The molecule has 0 saturated heterocycles. The zero-order valence-electron chi connectivity index (χ0n) is 15.0. The molecule has 0 fully saturated rings. The first-order valence-electron chi connectivity index (χ1n) is 8.88. The summed E-state index contributed by atoms with van der Waals surface area (Å²) in [5.74, 6) is 0.687. The molecule has 0 saturated carbocycles. The number of halogens is 1. The lowest BCUT2D eigenvalue weighted by atomic mass is 9.78. The van der Waals surface area contributed by atoms with Crippen LogP contribution in [0.5, 0.6) is 0 Å². The summed E-state index contributed by atoms with van der Waals surface area (Å²) in [5, 5.41) is 17.3. The second-order valence-electron chi connectivity index (χ2n) is 7.00. The van der Waals surface area contributed by atoms with Crippen molar-refractivity contribution in [1.29, 1.82) is 10.8 Å². The third-order valence-corrected chi connectivity index (χ3v) is 6.42. The average molecular weight is 371 g/mol. The third-order valence-electron chi connectivity index (χ3n) is 5.27. The summed E-state index contributed by atoms with van der Waals surface area (Å²) in [6.45, 7) is 4.47. The van der Waals surface area contributed by atoms with E-state index in [1.54, 1.807) is 35.3 Å². The summed E-state index contributed by atoms with van der Waals surface area (Å²) < 4.78 is 19.4. The molecule has 26 heavy (non-hydrogen) atoms. The molecular weight excluding hydrogens is 349 g/mol. The molecule has 2 aliphatic rings. The molecule has 2 N–H and O–H groups in total. The molecule has 4 nitrogen and oxygen atoms in total. The van der Waals surface area contributed by atoms with Crippen LogP contribution >= 0.6 is 11.3 Å². The number of fused-ring (bicyclic) bond motifs is 2. The number of nitrogens with zero attached hydrogens (tertiary/aromatic N) is 1. The molecule has 1 aliphatic heterocycles. The second kappa shape index (κ2) is 6.59. The minimum absolute atomic E-state index is 0.173. The number of rotatable bonds is 1. The molecule has 0 bridgehead atoms. The molecule has 1 unspecified atom stereocenters. The van der Waals surface area contributed by atoms with E-state index in [1.165, 1.54) is 16.0 Å². The minimum Gasteiger partial charge on any atom is -0.369 e. The quantitative estimate of drug-likeness (QED) is 0.549. The average Bonchev–Trinajstić information content (AvgIpc) is 2.80. The molecule has 2 heterocycles. The standard InChI is InChI=1S/C20H22FN3OS/c1-11-19(16-5-3-4-13-8-14(21)6-7-15(13)16)17-9-25-10-18(23)24(12(2)22)20(17)26-11/h6-8,16,22-23H,3-5,9-10H2,1-2H3. The topological polar surface area (TPSA) is 60.2 Å². The fourth-order valence-corrected chi connectivity index (χ4v) is 5.54. The normalized spacial score (nSPS) is 19.7. The summed E-state index contributed by atoms with van der Waals surface area (Å²) in [6, 6.07) is 5.15. The van der Waals surface area contributed by atoms with Gasteiger partial charge in [0.1, 0.15) is 29.1 Å². The Morgan fingerprint density at radius 3 is 2.92 bits per heavy atom. The molecule has 136 valence electrons. The maximum atomic E-state index is 13.7. The SMILES string of the molecule is CC(=N)N1C(=N)COCc2c1sc(C)c2C1CCCc2cc(F)ccc21. The molecule has 2 aromatic rings. The van der Waals surface area contributed by atoms with Crippen LogP contribution < -0.4 is 4.90 Å². The molecule has 0 amide bonds. The highest BCUT2D eigenvalue weighted by molar-refractivity contribution is 7.16. The minimum atomic E-state index is -0.173. The van der Waals surface area contributed by atoms with E-state index in [2.05, 4.69) is 6.92 Å². The van der Waals surface area contributed by atoms with Crippen LogP contribution in [0, 0.1) is 23.6 Å². The molecule has 4 rings (SSSR count). The van der Waals surface area contributed by atoms with Gasteiger partial charge in [0, 0.05) is 16.4 Å². The van der Waals surface area contributed by atoms with Crippen molar-refractivity contribution in [2.24, 2.45) is 0 Å². The molecule has 1 aromatic carbocycles. The van der Waals surface area contributed by atoms with Gasteiger partial charge in [0.25, 0.3) is 0 Å². The maximum Gasteiger partial charge on any atom is 0.133 e. The summed E-state index contributed by atoms with van der Waals surface area (Å²) >= 11 is 1.63. The Kier molecular flexibility index (Phi) is 4.40. The van der Waals surface area contributed by atoms with Gasteiger partial charge in [-0.2, -0.15) is 0 Å². The van der Waals surface area contributed by atoms with Crippen LogP contribution in [-0.4, -0.2) is 18.3 Å². The van der Waals surface area contributed by atoms with Crippen LogP contribution in [0.1, 0.15) is 52.8 Å². The van der Waals surface area contributed by atoms with Gasteiger partial charge in [-0.15, -0.1) is 11.3 Å². The number of benzene rings is 1. The zero-order chi connectivity index (χ0) is 18.4. The number of thiophene rings is 1. The fourth-order valence-electron chi connectivity index (χ4n) is 4.24. The molecule has 1 aliphatic carbocycles. The lowest BCUT2D eigenvalue weighted by Crippen LogP contribution is -2.35. The van der Waals surface area contributed by atoms with Gasteiger partial charge in [-0.1, -0.05) is 6.07 Å². The van der Waals surface area contributed by atoms with Gasteiger partial charge < -0.3 is 4.74 Å². The monoisotopic (exact) mass is 371 g/mol. The van der Waals surface area contributed by atoms with E-state index in [9.17, 15) is 4.39 Å². The maximum absolute atomic E-state index is 13.7. The van der Waals surface area contributed by atoms with Crippen molar-refractivity contribution < 1.29 is 9.13 Å². The molecule has 0 radical (unpaired) electrons. The van der Waals surface area contributed by atoms with E-state index in [0.29, 0.717) is 18.3 Å². The molecule has 1 atom stereocenters. The number of anilines is 1. The summed E-state index contributed by atoms with van der Waals surface area (Å²) in [7, 11) is 0. The number of hydrogen-bond acceptors (Lipinski definition) is 4. The number of hydrogen-bond donors (Lipinski definition) is 2.